The predicted octanol–water partition coefficient (Wildman–Crippen LogP) is 2.26. The second kappa shape index (κ2) is 7.17. The van der Waals surface area contributed by atoms with Crippen LogP contribution in [-0.2, 0) is 9.59 Å². The van der Waals surface area contributed by atoms with Crippen molar-refractivity contribution in [2.75, 3.05) is 13.1 Å². The van der Waals surface area contributed by atoms with Gasteiger partial charge in [-0.25, -0.2) is 8.78 Å². The van der Waals surface area contributed by atoms with E-state index in [1.54, 1.807) is 24.3 Å². The van der Waals surface area contributed by atoms with Crippen LogP contribution in [0.5, 0.6) is 5.75 Å². The number of nitrogens with zero attached hydrogens (tertiary/aromatic N) is 1. The first-order valence-electron chi connectivity index (χ1n) is 7.25. The van der Waals surface area contributed by atoms with Crippen molar-refractivity contribution < 1.29 is 23.1 Å². The first kappa shape index (κ1) is 18.2. The van der Waals surface area contributed by atoms with Crippen LogP contribution in [0.25, 0.3) is 0 Å². The van der Waals surface area contributed by atoms with Crippen LogP contribution in [0.1, 0.15) is 6.92 Å². The molecule has 1 aromatic carbocycles. The van der Waals surface area contributed by atoms with Gasteiger partial charge in [-0.2, -0.15) is 0 Å². The summed E-state index contributed by atoms with van der Waals surface area (Å²) in [5.41, 5.74) is 0. The largest absolute Gasteiger partial charge is 0.479 e. The molecule has 0 radical (unpaired) electrons. The molecule has 2 atom stereocenters. The van der Waals surface area contributed by atoms with Gasteiger partial charge in [0, 0.05) is 6.54 Å². The van der Waals surface area contributed by atoms with Crippen molar-refractivity contribution >= 4 is 23.4 Å². The number of hydrogen-bond acceptors (Lipinski definition) is 3. The smallest absolute Gasteiger partial charge is 0.286 e. The van der Waals surface area contributed by atoms with Crippen LogP contribution in [0.4, 0.5) is 8.78 Å². The third kappa shape index (κ3) is 4.03. The Morgan fingerprint density at radius 3 is 2.79 bits per heavy atom. The topological polar surface area (TPSA) is 58.6 Å². The van der Waals surface area contributed by atoms with Crippen molar-refractivity contribution in [3.8, 4) is 5.75 Å². The molecule has 1 aliphatic heterocycles. The van der Waals surface area contributed by atoms with E-state index in [9.17, 15) is 18.4 Å². The lowest BCUT2D eigenvalue weighted by atomic mass is 10.2. The SMILES string of the molecule is C=CC(=O)N1CC(NC(=O)C(C)Oc2ccccc2Cl)C(F)(F)C1. The lowest BCUT2D eigenvalue weighted by molar-refractivity contribution is -0.130. The van der Waals surface area contributed by atoms with E-state index in [1.165, 1.54) is 6.92 Å². The van der Waals surface area contributed by atoms with Crippen LogP contribution in [0.2, 0.25) is 5.02 Å². The van der Waals surface area contributed by atoms with Gasteiger partial charge in [-0.15, -0.1) is 0 Å². The Kier molecular flexibility index (Phi) is 5.43. The van der Waals surface area contributed by atoms with E-state index in [-0.39, 0.29) is 12.3 Å². The minimum absolute atomic E-state index is 0.281. The molecule has 24 heavy (non-hydrogen) atoms. The number of alkyl halides is 2. The summed E-state index contributed by atoms with van der Waals surface area (Å²) in [6.07, 6.45) is -0.0616. The van der Waals surface area contributed by atoms with Crippen LogP contribution in [-0.4, -0.2) is 47.9 Å². The van der Waals surface area contributed by atoms with Crippen LogP contribution in [0, 0.1) is 0 Å². The maximum Gasteiger partial charge on any atom is 0.286 e. The van der Waals surface area contributed by atoms with Crippen LogP contribution >= 0.6 is 11.6 Å². The molecule has 2 rings (SSSR count). The summed E-state index contributed by atoms with van der Waals surface area (Å²) in [6, 6.07) is 5.05. The molecule has 2 unspecified atom stereocenters. The number of amides is 2. The van der Waals surface area contributed by atoms with Crippen molar-refractivity contribution in [3.63, 3.8) is 0 Å². The molecule has 8 heteroatoms. The zero-order valence-corrected chi connectivity index (χ0v) is 13.7. The third-order valence-electron chi connectivity index (χ3n) is 3.63. The molecule has 1 aliphatic rings. The number of rotatable bonds is 5. The summed E-state index contributed by atoms with van der Waals surface area (Å²) in [5.74, 6) is -4.26. The highest BCUT2D eigenvalue weighted by Crippen LogP contribution is 2.28. The van der Waals surface area contributed by atoms with E-state index in [1.807, 2.05) is 0 Å². The maximum absolute atomic E-state index is 14.0. The minimum Gasteiger partial charge on any atom is -0.479 e. The number of carbonyl (C=O) groups is 2. The number of halogens is 3. The molecule has 1 aromatic rings. The van der Waals surface area contributed by atoms with Gasteiger partial charge < -0.3 is 15.0 Å². The molecule has 0 spiro atoms. The molecule has 2 amide bonds. The molecule has 1 N–H and O–H groups in total. The molecular weight excluding hydrogens is 342 g/mol. The van der Waals surface area contributed by atoms with Crippen molar-refractivity contribution in [2.24, 2.45) is 0 Å². The monoisotopic (exact) mass is 358 g/mol. The Balaban J connectivity index is 1.99. The molecule has 0 aliphatic carbocycles. The van der Waals surface area contributed by atoms with Gasteiger partial charge in [0.05, 0.1) is 11.6 Å². The zero-order chi connectivity index (χ0) is 17.9. The normalized spacial score (nSPS) is 20.3. The molecule has 0 saturated carbocycles. The third-order valence-corrected chi connectivity index (χ3v) is 3.94. The van der Waals surface area contributed by atoms with Crippen LogP contribution in [0.3, 0.4) is 0 Å². The van der Waals surface area contributed by atoms with E-state index >= 15 is 0 Å². The molecule has 1 heterocycles. The number of benzene rings is 1. The predicted molar refractivity (Wildman–Crippen MR) is 85.2 cm³/mol. The highest BCUT2D eigenvalue weighted by atomic mass is 35.5. The Morgan fingerprint density at radius 2 is 2.17 bits per heavy atom. The molecular formula is C16H17ClF2N2O3. The first-order valence-corrected chi connectivity index (χ1v) is 7.63. The van der Waals surface area contributed by atoms with Crippen LogP contribution in [0.15, 0.2) is 36.9 Å². The maximum atomic E-state index is 14.0. The lowest BCUT2D eigenvalue weighted by Crippen LogP contribution is -2.50. The molecule has 0 aromatic heterocycles. The van der Waals surface area contributed by atoms with Crippen molar-refractivity contribution in [1.29, 1.82) is 0 Å². The second-order valence-corrected chi connectivity index (χ2v) is 5.84. The molecule has 0 bridgehead atoms. The van der Waals surface area contributed by atoms with Gasteiger partial charge in [-0.3, -0.25) is 9.59 Å². The second-order valence-electron chi connectivity index (χ2n) is 5.44. The number of nitrogens with one attached hydrogen (secondary N) is 1. The Labute approximate surface area is 143 Å². The summed E-state index contributed by atoms with van der Waals surface area (Å²) in [6.45, 7) is 3.64. The highest BCUT2D eigenvalue weighted by Gasteiger charge is 2.50. The Bertz CT molecular complexity index is 654. The number of carbonyl (C=O) groups excluding carboxylic acids is 2. The van der Waals surface area contributed by atoms with Gasteiger partial charge in [-0.1, -0.05) is 30.3 Å². The van der Waals surface area contributed by atoms with E-state index in [0.717, 1.165) is 11.0 Å². The average molecular weight is 359 g/mol. The van der Waals surface area contributed by atoms with E-state index in [4.69, 9.17) is 16.3 Å². The highest BCUT2D eigenvalue weighted by molar-refractivity contribution is 6.32. The molecule has 130 valence electrons. The van der Waals surface area contributed by atoms with Gasteiger partial charge >= 0.3 is 0 Å². The summed E-state index contributed by atoms with van der Waals surface area (Å²) in [4.78, 5) is 24.5. The quantitative estimate of drug-likeness (QED) is 0.821. The number of para-hydroxylation sites is 1. The first-order chi connectivity index (χ1) is 11.2. The summed E-state index contributed by atoms with van der Waals surface area (Å²) >= 11 is 5.93. The standard InChI is InChI=1S/C16H17ClF2N2O3/c1-3-14(22)21-8-13(16(18,19)9-21)20-15(23)10(2)24-12-7-5-4-6-11(12)17/h3-7,10,13H,1,8-9H2,2H3,(H,20,23). The van der Waals surface area contributed by atoms with Gasteiger partial charge in [0.2, 0.25) is 5.91 Å². The Morgan fingerprint density at radius 1 is 1.50 bits per heavy atom. The summed E-state index contributed by atoms with van der Waals surface area (Å²) in [5, 5.41) is 2.54. The lowest BCUT2D eigenvalue weighted by Gasteiger charge is -2.21. The van der Waals surface area contributed by atoms with Gasteiger partial charge in [0.25, 0.3) is 11.8 Å². The molecule has 1 saturated heterocycles. The zero-order valence-electron chi connectivity index (χ0n) is 13.0. The van der Waals surface area contributed by atoms with Crippen molar-refractivity contribution in [2.45, 2.75) is 25.0 Å². The van der Waals surface area contributed by atoms with E-state index < -0.39 is 36.4 Å². The fourth-order valence-corrected chi connectivity index (χ4v) is 2.49. The van der Waals surface area contributed by atoms with E-state index in [2.05, 4.69) is 11.9 Å². The van der Waals surface area contributed by atoms with Crippen molar-refractivity contribution in [1.82, 2.24) is 10.2 Å². The fourth-order valence-electron chi connectivity index (χ4n) is 2.30. The van der Waals surface area contributed by atoms with E-state index in [0.29, 0.717) is 5.02 Å². The summed E-state index contributed by atoms with van der Waals surface area (Å²) in [7, 11) is 0. The number of hydrogen-bond donors (Lipinski definition) is 1. The number of ether oxygens (including phenoxy) is 1. The molecule has 1 fully saturated rings. The van der Waals surface area contributed by atoms with Gasteiger partial charge in [0.1, 0.15) is 11.8 Å². The fraction of sp³-hybridized carbons (Fsp3) is 0.375. The minimum atomic E-state index is -3.22. The average Bonchev–Trinajstić information content (AvgIpc) is 2.83. The van der Waals surface area contributed by atoms with Gasteiger partial charge in [-0.05, 0) is 25.1 Å². The van der Waals surface area contributed by atoms with Crippen molar-refractivity contribution in [3.05, 3.63) is 41.9 Å². The van der Waals surface area contributed by atoms with Gasteiger partial charge in [0.15, 0.2) is 6.10 Å². The number of likely N-dealkylation sites (tertiary alicyclic amines) is 1. The molecule has 5 nitrogen and oxygen atoms in total. The van der Waals surface area contributed by atoms with Crippen LogP contribution < -0.4 is 10.1 Å². The Hall–Kier alpha value is -2.15. The summed E-state index contributed by atoms with van der Waals surface area (Å²) < 4.78 is 33.3.